The molecule has 0 aromatic heterocycles. The Kier molecular flexibility index (Phi) is 15.0. The second kappa shape index (κ2) is 14.5. The Morgan fingerprint density at radius 2 is 0.933 bits per heavy atom. The van der Waals surface area contributed by atoms with Crippen molar-refractivity contribution in [3.8, 4) is 0 Å². The summed E-state index contributed by atoms with van der Waals surface area (Å²) >= 11 is 0.971. The topological polar surface area (TPSA) is 0 Å². The van der Waals surface area contributed by atoms with E-state index in [1.165, 1.54) is 64.2 Å². The van der Waals surface area contributed by atoms with Gasteiger partial charge in [0.15, 0.2) is 0 Å². The van der Waals surface area contributed by atoms with Gasteiger partial charge in [0.2, 0.25) is 0 Å². The third-order valence-corrected chi connectivity index (χ3v) is 5.21. The first kappa shape index (κ1) is 15.5. The van der Waals surface area contributed by atoms with Crippen molar-refractivity contribution in [3.05, 3.63) is 0 Å². The normalized spacial score (nSPS) is 10.8. The molecule has 0 nitrogen and oxygen atoms in total. The average Bonchev–Trinajstić information content (AvgIpc) is 2.26. The van der Waals surface area contributed by atoms with Crippen LogP contribution in [0.15, 0.2) is 0 Å². The predicted octanol–water partition coefficient (Wildman–Crippen LogP) is 5.47. The molecule has 0 aliphatic rings. The Hall–Kier alpha value is 0.519. The Labute approximate surface area is 104 Å². The molecule has 0 aliphatic carbocycles. The van der Waals surface area contributed by atoms with Crippen LogP contribution in [0.1, 0.15) is 78.1 Å². The molecule has 0 N–H and O–H groups in total. The molecule has 0 amide bonds. The van der Waals surface area contributed by atoms with Gasteiger partial charge in [-0.1, -0.05) is 0 Å². The van der Waals surface area contributed by atoms with E-state index in [0.29, 0.717) is 0 Å². The summed E-state index contributed by atoms with van der Waals surface area (Å²) in [5.74, 6) is 0. The number of rotatable bonds is 12. The molecule has 0 atom stereocenters. The van der Waals surface area contributed by atoms with Crippen molar-refractivity contribution >= 4 is 15.0 Å². The van der Waals surface area contributed by atoms with Gasteiger partial charge in [0.05, 0.1) is 0 Å². The van der Waals surface area contributed by atoms with Gasteiger partial charge in [-0.15, -0.1) is 0 Å². The van der Waals surface area contributed by atoms with Crippen LogP contribution in [0, 0.1) is 0 Å². The van der Waals surface area contributed by atoms with Crippen LogP contribution in [-0.4, -0.2) is 15.0 Å². The number of hydrogen-bond donors (Lipinski definition) is 0. The van der Waals surface area contributed by atoms with Crippen LogP contribution in [0.25, 0.3) is 0 Å². The van der Waals surface area contributed by atoms with Gasteiger partial charge >= 0.3 is 104 Å². The van der Waals surface area contributed by atoms with E-state index in [1.54, 1.807) is 10.6 Å². The summed E-state index contributed by atoms with van der Waals surface area (Å²) < 4.78 is 0. The molecule has 0 radical (unpaired) electrons. The number of hydrogen-bond acceptors (Lipinski definition) is 0. The summed E-state index contributed by atoms with van der Waals surface area (Å²) in [7, 11) is 0. The molecular weight excluding hydrogens is 247 g/mol. The zero-order valence-electron chi connectivity index (χ0n) is 10.9. The zero-order valence-corrected chi connectivity index (χ0v) is 12.6. The van der Waals surface area contributed by atoms with Gasteiger partial charge in [-0.05, 0) is 0 Å². The summed E-state index contributed by atoms with van der Waals surface area (Å²) in [5.41, 5.74) is 0. The van der Waals surface area contributed by atoms with Crippen LogP contribution in [0.4, 0.5) is 0 Å². The maximum absolute atomic E-state index is 2.29. The van der Waals surface area contributed by atoms with Crippen LogP contribution in [0.3, 0.4) is 0 Å². The van der Waals surface area contributed by atoms with Crippen LogP contribution in [0.2, 0.25) is 10.6 Å². The van der Waals surface area contributed by atoms with Crippen LogP contribution < -0.4 is 0 Å². The molecule has 0 unspecified atom stereocenters. The first-order valence-electron chi connectivity index (χ1n) is 6.99. The first-order valence-corrected chi connectivity index (χ1v) is 9.41. The van der Waals surface area contributed by atoms with Crippen LogP contribution in [0.5, 0.6) is 0 Å². The fourth-order valence-electron chi connectivity index (χ4n) is 1.72. The molecule has 0 saturated carbocycles. The molecule has 0 aromatic carbocycles. The SMILES string of the molecule is CCCCCCC[Se]CCCCCCC. The van der Waals surface area contributed by atoms with Gasteiger partial charge in [-0.25, -0.2) is 0 Å². The average molecular weight is 277 g/mol. The molecule has 1 heteroatoms. The monoisotopic (exact) mass is 278 g/mol. The maximum atomic E-state index is 2.29. The van der Waals surface area contributed by atoms with E-state index in [1.807, 2.05) is 0 Å². The summed E-state index contributed by atoms with van der Waals surface area (Å²) in [6, 6.07) is 0. The molecule has 0 bridgehead atoms. The Balaban J connectivity index is 2.81. The molecule has 0 heterocycles. The third kappa shape index (κ3) is 14.5. The van der Waals surface area contributed by atoms with E-state index >= 15 is 0 Å². The van der Waals surface area contributed by atoms with Crippen molar-refractivity contribution in [2.45, 2.75) is 88.7 Å². The predicted molar refractivity (Wildman–Crippen MR) is 72.9 cm³/mol. The second-order valence-electron chi connectivity index (χ2n) is 4.44. The van der Waals surface area contributed by atoms with Gasteiger partial charge < -0.3 is 0 Å². The van der Waals surface area contributed by atoms with E-state index in [9.17, 15) is 0 Å². The van der Waals surface area contributed by atoms with Gasteiger partial charge in [-0.3, -0.25) is 0 Å². The van der Waals surface area contributed by atoms with Gasteiger partial charge in [0.25, 0.3) is 0 Å². The van der Waals surface area contributed by atoms with Crippen LogP contribution in [-0.2, 0) is 0 Å². The van der Waals surface area contributed by atoms with Crippen molar-refractivity contribution in [3.63, 3.8) is 0 Å². The summed E-state index contributed by atoms with van der Waals surface area (Å²) in [6.45, 7) is 4.58. The fourth-order valence-corrected chi connectivity index (χ4v) is 3.86. The molecule has 0 spiro atoms. The van der Waals surface area contributed by atoms with Crippen molar-refractivity contribution in [2.75, 3.05) is 0 Å². The molecule has 0 rings (SSSR count). The third-order valence-electron chi connectivity index (χ3n) is 2.78. The van der Waals surface area contributed by atoms with E-state index < -0.39 is 0 Å². The summed E-state index contributed by atoms with van der Waals surface area (Å²) in [6.07, 6.45) is 14.6. The van der Waals surface area contributed by atoms with Crippen molar-refractivity contribution in [2.24, 2.45) is 0 Å². The van der Waals surface area contributed by atoms with Crippen molar-refractivity contribution < 1.29 is 0 Å². The Morgan fingerprint density at radius 1 is 0.533 bits per heavy atom. The number of unbranched alkanes of at least 4 members (excludes halogenated alkanes) is 8. The van der Waals surface area contributed by atoms with Crippen LogP contribution >= 0.6 is 0 Å². The minimum atomic E-state index is 0.971. The van der Waals surface area contributed by atoms with Crippen molar-refractivity contribution in [1.82, 2.24) is 0 Å². The second-order valence-corrected chi connectivity index (χ2v) is 7.01. The first-order chi connectivity index (χ1) is 7.41. The Bertz CT molecular complexity index is 89.5. The van der Waals surface area contributed by atoms with Gasteiger partial charge in [-0.2, -0.15) is 0 Å². The zero-order chi connectivity index (χ0) is 11.2. The quantitative estimate of drug-likeness (QED) is 0.328. The van der Waals surface area contributed by atoms with Gasteiger partial charge in [0, 0.05) is 0 Å². The molecule has 0 aliphatic heterocycles. The van der Waals surface area contributed by atoms with E-state index in [-0.39, 0.29) is 0 Å². The molecule has 15 heavy (non-hydrogen) atoms. The standard InChI is InChI=1S/C14H30Se/c1-3-5-7-9-11-13-15-14-12-10-8-6-4-2/h3-14H2,1-2H3. The molecule has 0 saturated heterocycles. The van der Waals surface area contributed by atoms with E-state index in [0.717, 1.165) is 15.0 Å². The molecule has 0 aromatic rings. The molecular formula is C14H30Se. The fraction of sp³-hybridized carbons (Fsp3) is 1.00. The van der Waals surface area contributed by atoms with E-state index in [2.05, 4.69) is 13.8 Å². The van der Waals surface area contributed by atoms with Gasteiger partial charge in [0.1, 0.15) is 0 Å². The molecule has 0 fully saturated rings. The van der Waals surface area contributed by atoms with E-state index in [4.69, 9.17) is 0 Å². The summed E-state index contributed by atoms with van der Waals surface area (Å²) in [4.78, 5) is 0. The Morgan fingerprint density at radius 3 is 1.33 bits per heavy atom. The van der Waals surface area contributed by atoms with Crippen molar-refractivity contribution in [1.29, 1.82) is 0 Å². The summed E-state index contributed by atoms with van der Waals surface area (Å²) in [5, 5.41) is 3.09. The molecule has 92 valence electrons. The minimum absolute atomic E-state index is 0.971.